The Bertz CT molecular complexity index is 590. The third-order valence-electron chi connectivity index (χ3n) is 6.28. The van der Waals surface area contributed by atoms with Crippen LogP contribution in [-0.2, 0) is 11.2 Å². The maximum absolute atomic E-state index is 12.6. The standard InChI is InChI=1S/C19H28N4O2/c24-18-10-15-13-23(19(25)4-3-16-11-20-5-6-21-16)12-14(15)9-17(18)22-7-1-2-8-22/h5-6,11,14-15,17-18,24H,1-4,7-10,12-13H2/t14-,15+,17-,18-/m1/s1. The molecule has 4 atom stereocenters. The average Bonchev–Trinajstić information content (AvgIpc) is 3.29. The number of aromatic nitrogens is 2. The Kier molecular flexibility index (Phi) is 4.99. The molecule has 3 fully saturated rings. The van der Waals surface area contributed by atoms with Crippen LogP contribution in [0.2, 0.25) is 0 Å². The number of hydrogen-bond donors (Lipinski definition) is 1. The Morgan fingerprint density at radius 2 is 1.92 bits per heavy atom. The second kappa shape index (κ2) is 7.38. The van der Waals surface area contributed by atoms with Crippen LogP contribution in [0, 0.1) is 11.8 Å². The maximum Gasteiger partial charge on any atom is 0.222 e. The lowest BCUT2D eigenvalue weighted by Crippen LogP contribution is -2.48. The zero-order valence-corrected chi connectivity index (χ0v) is 14.8. The molecule has 6 heteroatoms. The molecule has 1 aromatic rings. The Hall–Kier alpha value is -1.53. The monoisotopic (exact) mass is 344 g/mol. The van der Waals surface area contributed by atoms with Crippen LogP contribution in [0.3, 0.4) is 0 Å². The van der Waals surface area contributed by atoms with Crippen LogP contribution in [0.5, 0.6) is 0 Å². The van der Waals surface area contributed by atoms with Crippen LogP contribution in [0.4, 0.5) is 0 Å². The zero-order valence-electron chi connectivity index (χ0n) is 14.8. The van der Waals surface area contributed by atoms with Gasteiger partial charge < -0.3 is 10.0 Å². The Labute approximate surface area is 149 Å². The highest BCUT2D eigenvalue weighted by atomic mass is 16.3. The van der Waals surface area contributed by atoms with E-state index in [1.54, 1.807) is 18.6 Å². The summed E-state index contributed by atoms with van der Waals surface area (Å²) >= 11 is 0. The number of likely N-dealkylation sites (tertiary alicyclic amines) is 2. The molecule has 0 bridgehead atoms. The summed E-state index contributed by atoms with van der Waals surface area (Å²) in [6.07, 6.45) is 10.4. The number of carbonyl (C=O) groups is 1. The fourth-order valence-electron chi connectivity index (χ4n) is 4.93. The second-order valence-corrected chi connectivity index (χ2v) is 7.86. The van der Waals surface area contributed by atoms with Gasteiger partial charge in [-0.2, -0.15) is 0 Å². The molecule has 0 aromatic carbocycles. The summed E-state index contributed by atoms with van der Waals surface area (Å²) in [6, 6.07) is 0.304. The summed E-state index contributed by atoms with van der Waals surface area (Å²) in [5, 5.41) is 10.6. The quantitative estimate of drug-likeness (QED) is 0.886. The van der Waals surface area contributed by atoms with Crippen LogP contribution in [0.15, 0.2) is 18.6 Å². The van der Waals surface area contributed by atoms with Crippen LogP contribution in [0.25, 0.3) is 0 Å². The van der Waals surface area contributed by atoms with Crippen molar-refractivity contribution in [2.75, 3.05) is 26.2 Å². The topological polar surface area (TPSA) is 69.6 Å². The van der Waals surface area contributed by atoms with E-state index < -0.39 is 0 Å². The van der Waals surface area contributed by atoms with E-state index in [0.29, 0.717) is 30.7 Å². The number of aryl methyl sites for hydroxylation is 1. The predicted molar refractivity (Wildman–Crippen MR) is 93.7 cm³/mol. The summed E-state index contributed by atoms with van der Waals surface area (Å²) < 4.78 is 0. The van der Waals surface area contributed by atoms with Crippen molar-refractivity contribution < 1.29 is 9.90 Å². The van der Waals surface area contributed by atoms with Gasteiger partial charge in [-0.3, -0.25) is 19.7 Å². The van der Waals surface area contributed by atoms with Gasteiger partial charge in [0.1, 0.15) is 0 Å². The second-order valence-electron chi connectivity index (χ2n) is 7.86. The first kappa shape index (κ1) is 16.9. The number of aliphatic hydroxyl groups is 1. The molecule has 4 rings (SSSR count). The highest BCUT2D eigenvalue weighted by Gasteiger charge is 2.44. The Balaban J connectivity index is 1.32. The van der Waals surface area contributed by atoms with E-state index in [4.69, 9.17) is 0 Å². The summed E-state index contributed by atoms with van der Waals surface area (Å²) in [6.45, 7) is 3.93. The largest absolute Gasteiger partial charge is 0.391 e. The van der Waals surface area contributed by atoms with Gasteiger partial charge in [-0.25, -0.2) is 0 Å². The van der Waals surface area contributed by atoms with Gasteiger partial charge in [-0.15, -0.1) is 0 Å². The lowest BCUT2D eigenvalue weighted by molar-refractivity contribution is -0.130. The van der Waals surface area contributed by atoms with Crippen molar-refractivity contribution in [1.82, 2.24) is 19.8 Å². The molecule has 1 N–H and O–H groups in total. The highest BCUT2D eigenvalue weighted by molar-refractivity contribution is 5.76. The van der Waals surface area contributed by atoms with Crippen molar-refractivity contribution >= 4 is 5.91 Å². The Morgan fingerprint density at radius 3 is 2.64 bits per heavy atom. The fourth-order valence-corrected chi connectivity index (χ4v) is 4.93. The summed E-state index contributed by atoms with van der Waals surface area (Å²) in [4.78, 5) is 25.4. The zero-order chi connectivity index (χ0) is 17.2. The van der Waals surface area contributed by atoms with Crippen LogP contribution in [0.1, 0.15) is 37.8 Å². The van der Waals surface area contributed by atoms with Crippen molar-refractivity contribution in [1.29, 1.82) is 0 Å². The van der Waals surface area contributed by atoms with Gasteiger partial charge in [-0.05, 0) is 57.0 Å². The fraction of sp³-hybridized carbons (Fsp3) is 0.737. The molecule has 1 amide bonds. The van der Waals surface area contributed by atoms with Crippen LogP contribution in [-0.4, -0.2) is 69.1 Å². The van der Waals surface area contributed by atoms with Gasteiger partial charge in [-0.1, -0.05) is 0 Å². The number of amides is 1. The molecular formula is C19H28N4O2. The molecule has 3 heterocycles. The Morgan fingerprint density at radius 1 is 1.16 bits per heavy atom. The minimum absolute atomic E-state index is 0.215. The van der Waals surface area contributed by atoms with E-state index in [0.717, 1.165) is 44.7 Å². The predicted octanol–water partition coefficient (Wildman–Crippen LogP) is 1.10. The van der Waals surface area contributed by atoms with Crippen LogP contribution >= 0.6 is 0 Å². The van der Waals surface area contributed by atoms with Crippen molar-refractivity contribution in [2.45, 2.75) is 50.7 Å². The van der Waals surface area contributed by atoms with Crippen molar-refractivity contribution in [3.05, 3.63) is 24.3 Å². The number of nitrogens with zero attached hydrogens (tertiary/aromatic N) is 4. The lowest BCUT2D eigenvalue weighted by Gasteiger charge is -2.40. The molecule has 6 nitrogen and oxygen atoms in total. The minimum atomic E-state index is -0.228. The van der Waals surface area contributed by atoms with E-state index in [1.807, 2.05) is 4.90 Å². The number of fused-ring (bicyclic) bond motifs is 1. The lowest BCUT2D eigenvalue weighted by atomic mass is 9.77. The first-order valence-corrected chi connectivity index (χ1v) is 9.65. The van der Waals surface area contributed by atoms with Gasteiger partial charge >= 0.3 is 0 Å². The van der Waals surface area contributed by atoms with E-state index >= 15 is 0 Å². The average molecular weight is 344 g/mol. The molecule has 0 unspecified atom stereocenters. The van der Waals surface area contributed by atoms with Gasteiger partial charge in [0.25, 0.3) is 0 Å². The van der Waals surface area contributed by atoms with Crippen molar-refractivity contribution in [3.8, 4) is 0 Å². The number of aliphatic hydroxyl groups excluding tert-OH is 1. The maximum atomic E-state index is 12.6. The van der Waals surface area contributed by atoms with E-state index in [2.05, 4.69) is 14.9 Å². The molecule has 3 aliphatic rings. The number of carbonyl (C=O) groups excluding carboxylic acids is 1. The molecule has 2 saturated heterocycles. The van der Waals surface area contributed by atoms with Crippen LogP contribution < -0.4 is 0 Å². The molecular weight excluding hydrogens is 316 g/mol. The molecule has 1 aliphatic carbocycles. The van der Waals surface area contributed by atoms with Crippen molar-refractivity contribution in [2.24, 2.45) is 11.8 Å². The first-order chi connectivity index (χ1) is 12.2. The summed E-state index contributed by atoms with van der Waals surface area (Å²) in [5.41, 5.74) is 0.872. The van der Waals surface area contributed by atoms with Gasteiger partial charge in [0, 0.05) is 44.1 Å². The third kappa shape index (κ3) is 3.70. The molecule has 2 aliphatic heterocycles. The SMILES string of the molecule is O=C(CCc1cnccn1)N1C[C@H]2C[C@@H](N3CCCC3)[C@H](O)C[C@H]2C1. The molecule has 1 aromatic heterocycles. The highest BCUT2D eigenvalue weighted by Crippen LogP contribution is 2.39. The van der Waals surface area contributed by atoms with Gasteiger partial charge in [0.05, 0.1) is 11.8 Å². The molecule has 0 radical (unpaired) electrons. The van der Waals surface area contributed by atoms with Gasteiger partial charge in [0.15, 0.2) is 0 Å². The first-order valence-electron chi connectivity index (χ1n) is 9.65. The summed E-state index contributed by atoms with van der Waals surface area (Å²) in [5.74, 6) is 1.23. The molecule has 0 spiro atoms. The number of rotatable bonds is 4. The normalized spacial score (nSPS) is 32.8. The van der Waals surface area contributed by atoms with Crippen molar-refractivity contribution in [3.63, 3.8) is 0 Å². The number of hydrogen-bond acceptors (Lipinski definition) is 5. The smallest absolute Gasteiger partial charge is 0.222 e. The molecule has 136 valence electrons. The van der Waals surface area contributed by atoms with E-state index in [1.165, 1.54) is 12.8 Å². The van der Waals surface area contributed by atoms with Gasteiger partial charge in [0.2, 0.25) is 5.91 Å². The van der Waals surface area contributed by atoms with E-state index in [-0.39, 0.29) is 12.0 Å². The van der Waals surface area contributed by atoms with E-state index in [9.17, 15) is 9.90 Å². The molecule has 1 saturated carbocycles. The minimum Gasteiger partial charge on any atom is -0.391 e. The third-order valence-corrected chi connectivity index (χ3v) is 6.28. The molecule has 25 heavy (non-hydrogen) atoms. The summed E-state index contributed by atoms with van der Waals surface area (Å²) in [7, 11) is 0.